The highest BCUT2D eigenvalue weighted by atomic mass is 16.5. The number of anilines is 4. The summed E-state index contributed by atoms with van der Waals surface area (Å²) in [5, 5.41) is 3.52. The van der Waals surface area contributed by atoms with Crippen LogP contribution < -0.4 is 24.6 Å². The molecule has 5 rings (SSSR count). The highest BCUT2D eigenvalue weighted by molar-refractivity contribution is 5.65. The smallest absolute Gasteiger partial charge is 0.227 e. The molecule has 2 aromatic carbocycles. The number of nitrogens with zero attached hydrogens (tertiary/aromatic N) is 5. The molecule has 3 heterocycles. The topological polar surface area (TPSA) is 66.0 Å². The third kappa shape index (κ3) is 5.91. The van der Waals surface area contributed by atoms with Crippen molar-refractivity contribution in [1.82, 2.24) is 14.9 Å². The predicted octanol–water partition coefficient (Wildman–Crippen LogP) is 5.42. The number of aryl methyl sites for hydroxylation is 1. The number of hydrogen-bond donors (Lipinski definition) is 1. The second kappa shape index (κ2) is 12.1. The van der Waals surface area contributed by atoms with Crippen molar-refractivity contribution in [3.8, 4) is 11.5 Å². The van der Waals surface area contributed by atoms with Gasteiger partial charge in [0.2, 0.25) is 5.95 Å². The van der Waals surface area contributed by atoms with Crippen LogP contribution in [0.25, 0.3) is 0 Å². The number of fused-ring (bicyclic) bond motifs is 1. The maximum Gasteiger partial charge on any atom is 0.227 e. The lowest BCUT2D eigenvalue weighted by Crippen LogP contribution is -2.47. The van der Waals surface area contributed by atoms with Crippen LogP contribution in [0.3, 0.4) is 0 Å². The van der Waals surface area contributed by atoms with Gasteiger partial charge in [-0.15, -0.1) is 0 Å². The minimum atomic E-state index is 0.566. The number of rotatable bonds is 9. The normalized spacial score (nSPS) is 16.1. The molecule has 1 aromatic heterocycles. The van der Waals surface area contributed by atoms with Crippen LogP contribution in [0.2, 0.25) is 0 Å². The lowest BCUT2D eigenvalue weighted by atomic mass is 9.95. The second-order valence-corrected chi connectivity index (χ2v) is 10.5. The average Bonchev–Trinajstić information content (AvgIpc) is 2.98. The molecule has 3 aromatic rings. The Balaban J connectivity index is 1.20. The summed E-state index contributed by atoms with van der Waals surface area (Å²) in [6.45, 7) is 12.5. The van der Waals surface area contributed by atoms with Gasteiger partial charge in [0.25, 0.3) is 0 Å². The van der Waals surface area contributed by atoms with Crippen LogP contribution >= 0.6 is 0 Å². The summed E-state index contributed by atoms with van der Waals surface area (Å²) in [6, 6.07) is 13.4. The van der Waals surface area contributed by atoms with E-state index >= 15 is 0 Å². The third-order valence-corrected chi connectivity index (χ3v) is 8.26. The standard InChI is InChI=1S/C31H42N6O2/c1-6-35(7-2)26-8-9-27(22(3)18-26)33-30-10-14-32-31(34-30)36-16-12-25(13-17-36)37-15-11-23-19-28(38-4)29(39-5)20-24(23)21-37/h8-10,14,18-20,25H,6-7,11-13,15-17,21H2,1-5H3,(H,32,33,34). The van der Waals surface area contributed by atoms with Crippen LogP contribution in [0.5, 0.6) is 11.5 Å². The summed E-state index contributed by atoms with van der Waals surface area (Å²) in [4.78, 5) is 16.8. The Hall–Kier alpha value is -3.52. The fourth-order valence-electron chi connectivity index (χ4n) is 5.93. The third-order valence-electron chi connectivity index (χ3n) is 8.26. The number of methoxy groups -OCH3 is 2. The Morgan fingerprint density at radius 2 is 1.67 bits per heavy atom. The van der Waals surface area contributed by atoms with Crippen molar-refractivity contribution in [2.24, 2.45) is 0 Å². The van der Waals surface area contributed by atoms with Gasteiger partial charge in [0.15, 0.2) is 11.5 Å². The molecule has 1 fully saturated rings. The lowest BCUT2D eigenvalue weighted by Gasteiger charge is -2.40. The fourth-order valence-corrected chi connectivity index (χ4v) is 5.93. The molecule has 0 radical (unpaired) electrons. The van der Waals surface area contributed by atoms with Crippen LogP contribution in [0, 0.1) is 6.92 Å². The van der Waals surface area contributed by atoms with E-state index in [2.05, 4.69) is 76.1 Å². The van der Waals surface area contributed by atoms with Crippen molar-refractivity contribution in [2.75, 3.05) is 62.1 Å². The number of benzene rings is 2. The highest BCUT2D eigenvalue weighted by Crippen LogP contribution is 2.35. The van der Waals surface area contributed by atoms with Gasteiger partial charge >= 0.3 is 0 Å². The summed E-state index contributed by atoms with van der Waals surface area (Å²) in [5.74, 6) is 3.27. The quantitative estimate of drug-likeness (QED) is 0.394. The van der Waals surface area contributed by atoms with E-state index in [-0.39, 0.29) is 0 Å². The van der Waals surface area contributed by atoms with Gasteiger partial charge < -0.3 is 24.6 Å². The maximum atomic E-state index is 5.55. The molecule has 2 aliphatic heterocycles. The molecule has 1 N–H and O–H groups in total. The van der Waals surface area contributed by atoms with E-state index in [4.69, 9.17) is 14.5 Å². The van der Waals surface area contributed by atoms with Gasteiger partial charge in [-0.05, 0) is 93.1 Å². The van der Waals surface area contributed by atoms with Crippen molar-refractivity contribution in [3.05, 3.63) is 59.3 Å². The van der Waals surface area contributed by atoms with Gasteiger partial charge in [0.05, 0.1) is 14.2 Å². The Morgan fingerprint density at radius 3 is 2.33 bits per heavy atom. The zero-order valence-corrected chi connectivity index (χ0v) is 24.0. The fraction of sp³-hybridized carbons (Fsp3) is 0.484. The number of nitrogens with one attached hydrogen (secondary N) is 1. The summed E-state index contributed by atoms with van der Waals surface area (Å²) >= 11 is 0. The first-order valence-corrected chi connectivity index (χ1v) is 14.2. The Bertz CT molecular complexity index is 1270. The molecule has 39 heavy (non-hydrogen) atoms. The first kappa shape index (κ1) is 27.1. The zero-order valence-electron chi connectivity index (χ0n) is 24.0. The van der Waals surface area contributed by atoms with E-state index in [9.17, 15) is 0 Å². The summed E-state index contributed by atoms with van der Waals surface area (Å²) in [7, 11) is 3.41. The molecule has 0 atom stereocenters. The van der Waals surface area contributed by atoms with Gasteiger partial charge in [-0.25, -0.2) is 4.98 Å². The summed E-state index contributed by atoms with van der Waals surface area (Å²) in [6.07, 6.45) is 5.12. The van der Waals surface area contributed by atoms with Crippen molar-refractivity contribution in [2.45, 2.75) is 52.6 Å². The van der Waals surface area contributed by atoms with Crippen LogP contribution in [-0.4, -0.2) is 67.9 Å². The van der Waals surface area contributed by atoms with Crippen LogP contribution in [-0.2, 0) is 13.0 Å². The van der Waals surface area contributed by atoms with Gasteiger partial charge in [0.1, 0.15) is 5.82 Å². The molecule has 0 saturated carbocycles. The monoisotopic (exact) mass is 530 g/mol. The SMILES string of the molecule is CCN(CC)c1ccc(Nc2ccnc(N3CCC(N4CCc5cc(OC)c(OC)cc5C4)CC3)n2)c(C)c1. The first-order chi connectivity index (χ1) is 19.0. The van der Waals surface area contributed by atoms with E-state index in [0.717, 1.165) is 87.5 Å². The molecule has 2 aliphatic rings. The Morgan fingerprint density at radius 1 is 0.949 bits per heavy atom. The molecular formula is C31H42N6O2. The largest absolute Gasteiger partial charge is 0.493 e. The number of ether oxygens (including phenoxy) is 2. The molecule has 208 valence electrons. The Labute approximate surface area is 233 Å². The zero-order chi connectivity index (χ0) is 27.4. The van der Waals surface area contributed by atoms with Crippen molar-refractivity contribution >= 4 is 23.1 Å². The van der Waals surface area contributed by atoms with E-state index in [1.165, 1.54) is 22.4 Å². The maximum absolute atomic E-state index is 5.55. The van der Waals surface area contributed by atoms with Crippen LogP contribution in [0.1, 0.15) is 43.4 Å². The van der Waals surface area contributed by atoms with E-state index in [1.807, 2.05) is 12.3 Å². The average molecular weight is 531 g/mol. The Kier molecular flexibility index (Phi) is 8.41. The van der Waals surface area contributed by atoms with Crippen molar-refractivity contribution in [1.29, 1.82) is 0 Å². The van der Waals surface area contributed by atoms with Gasteiger partial charge in [0, 0.05) is 62.9 Å². The van der Waals surface area contributed by atoms with Gasteiger partial charge in [-0.1, -0.05) is 0 Å². The van der Waals surface area contributed by atoms with E-state index in [1.54, 1.807) is 14.2 Å². The molecule has 1 saturated heterocycles. The molecule has 0 unspecified atom stereocenters. The van der Waals surface area contributed by atoms with Gasteiger partial charge in [-0.2, -0.15) is 4.98 Å². The highest BCUT2D eigenvalue weighted by Gasteiger charge is 2.29. The molecule has 8 nitrogen and oxygen atoms in total. The summed E-state index contributed by atoms with van der Waals surface area (Å²) in [5.41, 5.74) is 6.26. The molecule has 0 bridgehead atoms. The minimum Gasteiger partial charge on any atom is -0.493 e. The number of piperidine rings is 1. The van der Waals surface area contributed by atoms with E-state index < -0.39 is 0 Å². The molecule has 0 amide bonds. The van der Waals surface area contributed by atoms with Crippen molar-refractivity contribution < 1.29 is 9.47 Å². The van der Waals surface area contributed by atoms with Crippen molar-refractivity contribution in [3.63, 3.8) is 0 Å². The second-order valence-electron chi connectivity index (χ2n) is 10.5. The predicted molar refractivity (Wildman–Crippen MR) is 159 cm³/mol. The minimum absolute atomic E-state index is 0.566. The first-order valence-electron chi connectivity index (χ1n) is 14.2. The number of aromatic nitrogens is 2. The summed E-state index contributed by atoms with van der Waals surface area (Å²) < 4.78 is 11.1. The lowest BCUT2D eigenvalue weighted by molar-refractivity contribution is 0.152. The molecule has 8 heteroatoms. The number of hydrogen-bond acceptors (Lipinski definition) is 8. The molecule has 0 aliphatic carbocycles. The van der Waals surface area contributed by atoms with E-state index in [0.29, 0.717) is 6.04 Å². The van der Waals surface area contributed by atoms with Gasteiger partial charge in [-0.3, -0.25) is 4.90 Å². The van der Waals surface area contributed by atoms with Crippen LogP contribution in [0.4, 0.5) is 23.1 Å². The molecular weight excluding hydrogens is 488 g/mol. The van der Waals surface area contributed by atoms with Crippen LogP contribution in [0.15, 0.2) is 42.6 Å². The molecule has 0 spiro atoms.